The molecule has 1 amide bonds. The molecule has 0 fully saturated rings. The van der Waals surface area contributed by atoms with E-state index in [0.717, 1.165) is 16.6 Å². The number of amides is 1. The number of benzene rings is 1. The van der Waals surface area contributed by atoms with Crippen molar-refractivity contribution in [2.24, 2.45) is 4.99 Å². The third kappa shape index (κ3) is 4.61. The Morgan fingerprint density at radius 2 is 2.08 bits per heavy atom. The Balaban J connectivity index is 2.23. The predicted molar refractivity (Wildman–Crippen MR) is 98.4 cm³/mol. The van der Waals surface area contributed by atoms with Crippen LogP contribution in [-0.2, 0) is 4.79 Å². The fourth-order valence-electron chi connectivity index (χ4n) is 2.06. The maximum absolute atomic E-state index is 12.2. The zero-order valence-corrected chi connectivity index (χ0v) is 14.7. The van der Waals surface area contributed by atoms with Gasteiger partial charge < -0.3 is 15.4 Å². The Morgan fingerprint density at radius 1 is 1.38 bits per heavy atom. The molecule has 6 nitrogen and oxygen atoms in total. The number of H-pyrrole nitrogens is 1. The summed E-state index contributed by atoms with van der Waals surface area (Å²) >= 11 is 3.94. The number of rotatable bonds is 5. The molecule has 1 aromatic heterocycles. The summed E-state index contributed by atoms with van der Waals surface area (Å²) in [6.45, 7) is 6.03. The number of hydrogen-bond donors (Lipinski definition) is 4. The minimum Gasteiger partial charge on any atom is -0.480 e. The molecule has 0 radical (unpaired) electrons. The van der Waals surface area contributed by atoms with Gasteiger partial charge in [-0.1, -0.05) is 0 Å². The number of hydrogen-bond acceptors (Lipinski definition) is 4. The minimum absolute atomic E-state index is 0.0287. The van der Waals surface area contributed by atoms with E-state index in [1.54, 1.807) is 24.4 Å². The Morgan fingerprint density at radius 3 is 2.67 bits per heavy atom. The van der Waals surface area contributed by atoms with Crippen molar-refractivity contribution in [2.45, 2.75) is 32.4 Å². The molecule has 2 aromatic rings. The molecule has 0 saturated carbocycles. The molecule has 0 aliphatic heterocycles. The molecule has 2 rings (SSSR count). The van der Waals surface area contributed by atoms with Gasteiger partial charge in [0.05, 0.1) is 11.2 Å². The van der Waals surface area contributed by atoms with Crippen LogP contribution in [0.3, 0.4) is 0 Å². The van der Waals surface area contributed by atoms with E-state index in [0.29, 0.717) is 5.56 Å². The second-order valence-electron chi connectivity index (χ2n) is 6.50. The maximum Gasteiger partial charge on any atom is 0.327 e. The molecule has 0 aliphatic rings. The first-order valence-corrected chi connectivity index (χ1v) is 8.15. The molecule has 1 heterocycles. The summed E-state index contributed by atoms with van der Waals surface area (Å²) in [6.07, 6.45) is 1.76. The van der Waals surface area contributed by atoms with Gasteiger partial charge in [-0.25, -0.2) is 4.79 Å². The van der Waals surface area contributed by atoms with Crippen LogP contribution in [-0.4, -0.2) is 45.5 Å². The van der Waals surface area contributed by atoms with Gasteiger partial charge in [-0.15, -0.1) is 0 Å². The largest absolute Gasteiger partial charge is 0.480 e. The van der Waals surface area contributed by atoms with E-state index in [1.807, 2.05) is 26.8 Å². The molecule has 0 saturated heterocycles. The third-order valence-corrected chi connectivity index (χ3v) is 3.65. The normalized spacial score (nSPS) is 13.3. The molecule has 128 valence electrons. The molecule has 7 heteroatoms. The van der Waals surface area contributed by atoms with Crippen molar-refractivity contribution in [2.75, 3.05) is 5.75 Å². The quantitative estimate of drug-likeness (QED) is 0.494. The van der Waals surface area contributed by atoms with Gasteiger partial charge in [-0.3, -0.25) is 9.79 Å². The smallest absolute Gasteiger partial charge is 0.327 e. The lowest BCUT2D eigenvalue weighted by atomic mass is 10.1. The Hall–Kier alpha value is -2.28. The highest BCUT2D eigenvalue weighted by atomic mass is 32.1. The van der Waals surface area contributed by atoms with Crippen LogP contribution in [0.1, 0.15) is 36.8 Å². The van der Waals surface area contributed by atoms with Crippen molar-refractivity contribution in [3.05, 3.63) is 35.5 Å². The number of carboxylic acids is 1. The molecule has 1 atom stereocenters. The molecule has 1 aromatic carbocycles. The molecule has 0 spiro atoms. The van der Waals surface area contributed by atoms with E-state index in [9.17, 15) is 9.59 Å². The van der Waals surface area contributed by atoms with Gasteiger partial charge in [0.25, 0.3) is 5.91 Å². The number of thiol groups is 1. The van der Waals surface area contributed by atoms with Crippen LogP contribution in [0.15, 0.2) is 29.3 Å². The first-order chi connectivity index (χ1) is 11.2. The van der Waals surface area contributed by atoms with E-state index < -0.39 is 17.9 Å². The number of carbonyl (C=O) groups excluding carboxylic acids is 1. The lowest BCUT2D eigenvalue weighted by Crippen LogP contribution is -2.42. The van der Waals surface area contributed by atoms with E-state index in [2.05, 4.69) is 27.9 Å². The maximum atomic E-state index is 12.2. The van der Waals surface area contributed by atoms with Gasteiger partial charge in [0.1, 0.15) is 6.04 Å². The van der Waals surface area contributed by atoms with Crippen molar-refractivity contribution in [3.8, 4) is 0 Å². The molecule has 1 unspecified atom stereocenters. The number of fused-ring (bicyclic) bond motifs is 1. The summed E-state index contributed by atoms with van der Waals surface area (Å²) in [5, 5.41) is 12.3. The van der Waals surface area contributed by atoms with E-state index >= 15 is 0 Å². The number of aromatic nitrogens is 1. The molecule has 24 heavy (non-hydrogen) atoms. The summed E-state index contributed by atoms with van der Waals surface area (Å²) in [7, 11) is 0. The average molecular weight is 347 g/mol. The second kappa shape index (κ2) is 7.09. The molecular formula is C17H21N3O3S. The number of nitrogens with one attached hydrogen (secondary N) is 2. The lowest BCUT2D eigenvalue weighted by molar-refractivity contribution is -0.138. The van der Waals surface area contributed by atoms with E-state index in [4.69, 9.17) is 5.11 Å². The van der Waals surface area contributed by atoms with Crippen LogP contribution < -0.4 is 5.32 Å². The Kier molecular flexibility index (Phi) is 5.33. The monoisotopic (exact) mass is 347 g/mol. The van der Waals surface area contributed by atoms with Crippen molar-refractivity contribution < 1.29 is 14.7 Å². The van der Waals surface area contributed by atoms with Gasteiger partial charge in [-0.2, -0.15) is 12.6 Å². The van der Waals surface area contributed by atoms with Gasteiger partial charge in [0.15, 0.2) is 0 Å². The van der Waals surface area contributed by atoms with Crippen LogP contribution in [0.25, 0.3) is 10.9 Å². The van der Waals surface area contributed by atoms with Crippen LogP contribution in [0.2, 0.25) is 0 Å². The number of aliphatic imine (C=N–C) groups is 1. The van der Waals surface area contributed by atoms with E-state index in [-0.39, 0.29) is 11.3 Å². The molecule has 0 bridgehead atoms. The predicted octanol–water partition coefficient (Wildman–Crippen LogP) is 2.50. The standard InChI is InChI=1S/C17H21N3O3S/c1-17(2,3)18-8-12-7-11-6-10(4-5-13(11)19-12)15(21)20-14(9-24)16(22)23/h4-8,14,19,24H,9H2,1-3H3,(H,20,21)(H,22,23). The Bertz CT molecular complexity index is 790. The highest BCUT2D eigenvalue weighted by Crippen LogP contribution is 2.17. The van der Waals surface area contributed by atoms with Crippen LogP contribution in [0, 0.1) is 0 Å². The molecule has 0 aliphatic carbocycles. The SMILES string of the molecule is CC(C)(C)N=Cc1cc2cc(C(=O)NC(CS)C(=O)O)ccc2[nH]1. The zero-order valence-electron chi connectivity index (χ0n) is 13.8. The highest BCUT2D eigenvalue weighted by molar-refractivity contribution is 7.80. The van der Waals surface area contributed by atoms with Crippen LogP contribution in [0.5, 0.6) is 0 Å². The van der Waals surface area contributed by atoms with Gasteiger partial charge in [0, 0.05) is 28.4 Å². The number of aromatic amines is 1. The third-order valence-electron chi connectivity index (χ3n) is 3.28. The number of carboxylic acid groups (broad SMARTS) is 1. The van der Waals surface area contributed by atoms with E-state index in [1.165, 1.54) is 0 Å². The molecule has 3 N–H and O–H groups in total. The van der Waals surface area contributed by atoms with Crippen molar-refractivity contribution >= 4 is 41.6 Å². The first-order valence-electron chi connectivity index (χ1n) is 7.52. The van der Waals surface area contributed by atoms with Crippen molar-refractivity contribution in [1.29, 1.82) is 0 Å². The summed E-state index contributed by atoms with van der Waals surface area (Å²) in [4.78, 5) is 30.8. The molecular weight excluding hydrogens is 326 g/mol. The lowest BCUT2D eigenvalue weighted by Gasteiger charge is -2.11. The topological polar surface area (TPSA) is 94.6 Å². The minimum atomic E-state index is -1.11. The second-order valence-corrected chi connectivity index (χ2v) is 6.87. The summed E-state index contributed by atoms with van der Waals surface area (Å²) in [6, 6.07) is 6.03. The van der Waals surface area contributed by atoms with Crippen LogP contribution >= 0.6 is 12.6 Å². The highest BCUT2D eigenvalue weighted by Gasteiger charge is 2.19. The van der Waals surface area contributed by atoms with Crippen LogP contribution in [0.4, 0.5) is 0 Å². The Labute approximate surface area is 145 Å². The fourth-order valence-corrected chi connectivity index (χ4v) is 2.30. The zero-order chi connectivity index (χ0) is 17.9. The summed E-state index contributed by atoms with van der Waals surface area (Å²) < 4.78 is 0. The van der Waals surface area contributed by atoms with Gasteiger partial charge in [0.2, 0.25) is 0 Å². The fraction of sp³-hybridized carbons (Fsp3) is 0.353. The average Bonchev–Trinajstić information content (AvgIpc) is 2.91. The number of carbonyl (C=O) groups is 2. The van der Waals surface area contributed by atoms with Gasteiger partial charge in [-0.05, 0) is 45.0 Å². The number of nitrogens with zero attached hydrogens (tertiary/aromatic N) is 1. The summed E-state index contributed by atoms with van der Waals surface area (Å²) in [5.74, 6) is -1.52. The summed E-state index contributed by atoms with van der Waals surface area (Å²) in [5.41, 5.74) is 1.96. The van der Waals surface area contributed by atoms with Gasteiger partial charge >= 0.3 is 5.97 Å². The van der Waals surface area contributed by atoms with Crippen molar-refractivity contribution in [1.82, 2.24) is 10.3 Å². The first kappa shape index (κ1) is 18.1. The number of aliphatic carboxylic acids is 1. The van der Waals surface area contributed by atoms with Crippen molar-refractivity contribution in [3.63, 3.8) is 0 Å².